The second kappa shape index (κ2) is 10.5. The van der Waals surface area contributed by atoms with Crippen molar-refractivity contribution in [2.24, 2.45) is 0 Å². The molecule has 0 aliphatic carbocycles. The normalized spacial score (nSPS) is 15.1. The monoisotopic (exact) mass is 464 g/mol. The summed E-state index contributed by atoms with van der Waals surface area (Å²) in [6.07, 6.45) is 3.93. The first-order valence-corrected chi connectivity index (χ1v) is 12.1. The van der Waals surface area contributed by atoms with Crippen LogP contribution >= 0.6 is 11.8 Å². The highest BCUT2D eigenvalue weighted by atomic mass is 32.2. The molecule has 3 heterocycles. The van der Waals surface area contributed by atoms with Crippen LogP contribution in [0.2, 0.25) is 0 Å². The van der Waals surface area contributed by atoms with Crippen molar-refractivity contribution in [1.29, 1.82) is 0 Å². The van der Waals surface area contributed by atoms with Crippen LogP contribution < -0.4 is 15.4 Å². The molecule has 4 rings (SSSR count). The van der Waals surface area contributed by atoms with Gasteiger partial charge in [-0.15, -0.1) is 5.10 Å². The van der Waals surface area contributed by atoms with Crippen LogP contribution in [-0.4, -0.2) is 38.0 Å². The zero-order chi connectivity index (χ0) is 23.2. The fourth-order valence-corrected chi connectivity index (χ4v) is 4.56. The second-order valence-corrected chi connectivity index (χ2v) is 8.63. The van der Waals surface area contributed by atoms with Crippen LogP contribution in [0.1, 0.15) is 45.3 Å². The fourth-order valence-electron chi connectivity index (χ4n) is 3.65. The number of thioether (sulfide) groups is 1. The maximum Gasteiger partial charge on any atom is 0.256 e. The molecule has 8 nitrogen and oxygen atoms in total. The Morgan fingerprint density at radius 2 is 2.03 bits per heavy atom. The van der Waals surface area contributed by atoms with Crippen molar-refractivity contribution >= 4 is 29.3 Å². The van der Waals surface area contributed by atoms with E-state index in [1.807, 2.05) is 56.3 Å². The third-order valence-corrected chi connectivity index (χ3v) is 6.13. The van der Waals surface area contributed by atoms with E-state index in [9.17, 15) is 4.79 Å². The summed E-state index contributed by atoms with van der Waals surface area (Å²) in [5.74, 6) is 1.93. The summed E-state index contributed by atoms with van der Waals surface area (Å²) in [6, 6.07) is 12.6. The number of rotatable bonds is 9. The molecule has 9 heteroatoms. The van der Waals surface area contributed by atoms with Gasteiger partial charge in [-0.25, -0.2) is 4.68 Å². The number of carbonyl (C=O) groups is 1. The summed E-state index contributed by atoms with van der Waals surface area (Å²) < 4.78 is 7.44. The number of allylic oxidation sites excluding steroid dienone is 1. The van der Waals surface area contributed by atoms with E-state index in [1.165, 1.54) is 0 Å². The maximum absolute atomic E-state index is 13.6. The second-order valence-electron chi connectivity index (χ2n) is 7.57. The summed E-state index contributed by atoms with van der Waals surface area (Å²) in [7, 11) is 0. The van der Waals surface area contributed by atoms with E-state index < -0.39 is 6.04 Å². The molecule has 2 aromatic heterocycles. The van der Waals surface area contributed by atoms with Crippen molar-refractivity contribution in [3.05, 3.63) is 65.6 Å². The van der Waals surface area contributed by atoms with Crippen LogP contribution in [0, 0.1) is 0 Å². The lowest BCUT2D eigenvalue weighted by Gasteiger charge is -2.28. The van der Waals surface area contributed by atoms with Gasteiger partial charge in [0.1, 0.15) is 11.8 Å². The van der Waals surface area contributed by atoms with Crippen LogP contribution in [0.5, 0.6) is 5.75 Å². The van der Waals surface area contributed by atoms with E-state index in [0.717, 1.165) is 24.3 Å². The quantitative estimate of drug-likeness (QED) is 0.344. The van der Waals surface area contributed by atoms with Crippen LogP contribution in [0.4, 0.5) is 11.6 Å². The number of hydrogen-bond donors (Lipinski definition) is 2. The Kier molecular flexibility index (Phi) is 7.29. The van der Waals surface area contributed by atoms with Gasteiger partial charge in [-0.05, 0) is 44.5 Å². The molecule has 1 aliphatic heterocycles. The Labute approximate surface area is 197 Å². The average Bonchev–Trinajstić information content (AvgIpc) is 3.22. The van der Waals surface area contributed by atoms with Gasteiger partial charge in [-0.2, -0.15) is 4.98 Å². The van der Waals surface area contributed by atoms with Crippen LogP contribution in [0.25, 0.3) is 0 Å². The van der Waals surface area contributed by atoms with Crippen molar-refractivity contribution in [3.8, 4) is 5.75 Å². The highest BCUT2D eigenvalue weighted by molar-refractivity contribution is 7.99. The summed E-state index contributed by atoms with van der Waals surface area (Å²) in [5, 5.41) is 11.7. The number of amides is 1. The van der Waals surface area contributed by atoms with Gasteiger partial charge in [0.2, 0.25) is 11.1 Å². The van der Waals surface area contributed by atoms with E-state index in [1.54, 1.807) is 22.6 Å². The standard InChI is InChI=1S/C24H28N6O2S/c1-4-6-15-33-24-28-23-26-16(3)20(21(30(23)29-24)18-12-9-10-14-25-18)22(31)27-17-11-7-8-13-19(17)32-5-2/h7-14,21H,4-6,15H2,1-3H3,(H,27,31)(H,26,28,29). The Morgan fingerprint density at radius 3 is 2.79 bits per heavy atom. The topological polar surface area (TPSA) is 94.0 Å². The Balaban J connectivity index is 1.70. The highest BCUT2D eigenvalue weighted by Crippen LogP contribution is 2.36. The first kappa shape index (κ1) is 22.8. The summed E-state index contributed by atoms with van der Waals surface area (Å²) in [5.41, 5.74) is 2.58. The fraction of sp³-hybridized carbons (Fsp3) is 0.333. The van der Waals surface area contributed by atoms with Crippen molar-refractivity contribution in [2.75, 3.05) is 23.0 Å². The molecule has 0 saturated heterocycles. The molecule has 0 bridgehead atoms. The average molecular weight is 465 g/mol. The highest BCUT2D eigenvalue weighted by Gasteiger charge is 2.35. The van der Waals surface area contributed by atoms with Gasteiger partial charge >= 0.3 is 0 Å². The number of nitrogens with zero attached hydrogens (tertiary/aromatic N) is 4. The number of benzene rings is 1. The summed E-state index contributed by atoms with van der Waals surface area (Å²) in [4.78, 5) is 22.8. The number of aromatic nitrogens is 4. The van der Waals surface area contributed by atoms with Crippen molar-refractivity contribution < 1.29 is 9.53 Å². The number of fused-ring (bicyclic) bond motifs is 1. The molecule has 1 aromatic carbocycles. The van der Waals surface area contributed by atoms with E-state index in [0.29, 0.717) is 40.4 Å². The van der Waals surface area contributed by atoms with Gasteiger partial charge in [0, 0.05) is 17.6 Å². The maximum atomic E-state index is 13.6. The number of anilines is 2. The molecule has 2 N–H and O–H groups in total. The molecular weight excluding hydrogens is 436 g/mol. The van der Waals surface area contributed by atoms with Crippen molar-refractivity contribution in [2.45, 2.75) is 44.8 Å². The number of pyridine rings is 1. The molecular formula is C24H28N6O2S. The predicted molar refractivity (Wildman–Crippen MR) is 131 cm³/mol. The Hall–Kier alpha value is -3.33. The van der Waals surface area contributed by atoms with E-state index in [4.69, 9.17) is 9.84 Å². The zero-order valence-corrected chi connectivity index (χ0v) is 19.9. The Morgan fingerprint density at radius 1 is 1.21 bits per heavy atom. The lowest BCUT2D eigenvalue weighted by molar-refractivity contribution is -0.113. The molecule has 1 amide bonds. The van der Waals surface area contributed by atoms with Crippen LogP contribution in [-0.2, 0) is 4.79 Å². The zero-order valence-electron chi connectivity index (χ0n) is 19.0. The van der Waals surface area contributed by atoms with Gasteiger partial charge in [0.25, 0.3) is 5.91 Å². The first-order chi connectivity index (χ1) is 16.1. The van der Waals surface area contributed by atoms with Gasteiger partial charge in [-0.1, -0.05) is 43.3 Å². The van der Waals surface area contributed by atoms with Crippen molar-refractivity contribution in [3.63, 3.8) is 0 Å². The van der Waals surface area contributed by atoms with Crippen LogP contribution in [0.15, 0.2) is 65.1 Å². The molecule has 1 unspecified atom stereocenters. The predicted octanol–water partition coefficient (Wildman–Crippen LogP) is 4.89. The molecule has 1 aliphatic rings. The van der Waals surface area contributed by atoms with Crippen molar-refractivity contribution in [1.82, 2.24) is 19.7 Å². The van der Waals surface area contributed by atoms with E-state index >= 15 is 0 Å². The number of hydrogen-bond acceptors (Lipinski definition) is 7. The summed E-state index contributed by atoms with van der Waals surface area (Å²) >= 11 is 1.62. The molecule has 3 aromatic rings. The Bertz CT molecular complexity index is 1140. The SMILES string of the molecule is CCCCSc1nc2n(n1)C(c1ccccn1)C(C(=O)Nc1ccccc1OCC)=C(C)N2. The summed E-state index contributed by atoms with van der Waals surface area (Å²) in [6.45, 7) is 6.46. The van der Waals surface area contributed by atoms with E-state index in [2.05, 4.69) is 27.5 Å². The molecule has 172 valence electrons. The van der Waals surface area contributed by atoms with Gasteiger partial charge in [0.05, 0.1) is 23.6 Å². The van der Waals surface area contributed by atoms with Gasteiger partial charge in [-0.3, -0.25) is 9.78 Å². The number of unbranched alkanes of at least 4 members (excludes halogenated alkanes) is 1. The number of ether oxygens (including phenoxy) is 1. The largest absolute Gasteiger partial charge is 0.492 e. The first-order valence-electron chi connectivity index (χ1n) is 11.1. The molecule has 0 spiro atoms. The minimum atomic E-state index is -0.505. The third-order valence-electron chi connectivity index (χ3n) is 5.21. The lowest BCUT2D eigenvalue weighted by Crippen LogP contribution is -2.32. The molecule has 0 fully saturated rings. The minimum absolute atomic E-state index is 0.246. The molecule has 1 atom stereocenters. The number of carbonyl (C=O) groups excluding carboxylic acids is 1. The van der Waals surface area contributed by atoms with E-state index in [-0.39, 0.29) is 5.91 Å². The third kappa shape index (κ3) is 5.03. The molecule has 0 radical (unpaired) electrons. The van der Waals surface area contributed by atoms with Crippen LogP contribution in [0.3, 0.4) is 0 Å². The minimum Gasteiger partial charge on any atom is -0.492 e. The number of para-hydroxylation sites is 2. The lowest BCUT2D eigenvalue weighted by atomic mass is 9.98. The molecule has 33 heavy (non-hydrogen) atoms. The van der Waals surface area contributed by atoms with Gasteiger partial charge < -0.3 is 15.4 Å². The molecule has 0 saturated carbocycles. The smallest absolute Gasteiger partial charge is 0.256 e. The number of nitrogens with one attached hydrogen (secondary N) is 2. The van der Waals surface area contributed by atoms with Gasteiger partial charge in [0.15, 0.2) is 0 Å².